The minimum atomic E-state index is -0.243. The molecule has 0 fully saturated rings. The van der Waals surface area contributed by atoms with Gasteiger partial charge in [-0.25, -0.2) is 0 Å². The molecule has 0 radical (unpaired) electrons. The molecule has 108 valence electrons. The summed E-state index contributed by atoms with van der Waals surface area (Å²) in [5, 5.41) is 5.56. The molecule has 0 aliphatic rings. The minimum Gasteiger partial charge on any atom is -0.326 e. The lowest BCUT2D eigenvalue weighted by Crippen LogP contribution is -2.17. The Balaban J connectivity index is 2.29. The molecule has 2 amide bonds. The van der Waals surface area contributed by atoms with Crippen LogP contribution in [0.4, 0.5) is 11.4 Å². The lowest BCUT2D eigenvalue weighted by molar-refractivity contribution is -0.114. The molecule has 0 spiro atoms. The number of aryl methyl sites for hydroxylation is 1. The highest BCUT2D eigenvalue weighted by Gasteiger charge is 2.13. The molecule has 0 atom stereocenters. The van der Waals surface area contributed by atoms with E-state index in [1.54, 1.807) is 24.3 Å². The summed E-state index contributed by atoms with van der Waals surface area (Å²) in [7, 11) is 0. The first-order valence-electron chi connectivity index (χ1n) is 6.73. The second-order valence-electron chi connectivity index (χ2n) is 4.93. The number of hydrogen-bond donors (Lipinski definition) is 2. The fraction of sp³-hybridized carbons (Fsp3) is 0.176. The van der Waals surface area contributed by atoms with Gasteiger partial charge in [-0.3, -0.25) is 9.59 Å². The van der Waals surface area contributed by atoms with E-state index in [2.05, 4.69) is 10.6 Å². The van der Waals surface area contributed by atoms with E-state index in [1.165, 1.54) is 6.92 Å². The van der Waals surface area contributed by atoms with Crippen LogP contribution in [0.25, 0.3) is 0 Å². The Morgan fingerprint density at radius 3 is 2.24 bits per heavy atom. The monoisotopic (exact) mass is 282 g/mol. The predicted octanol–water partition coefficient (Wildman–Crippen LogP) is 3.51. The fourth-order valence-electron chi connectivity index (χ4n) is 2.06. The van der Waals surface area contributed by atoms with Crippen LogP contribution in [0.1, 0.15) is 28.4 Å². The third-order valence-corrected chi connectivity index (χ3v) is 3.34. The molecule has 0 aromatic heterocycles. The van der Waals surface area contributed by atoms with E-state index < -0.39 is 0 Å². The van der Waals surface area contributed by atoms with E-state index in [9.17, 15) is 9.59 Å². The molecule has 2 N–H and O–H groups in total. The van der Waals surface area contributed by atoms with Gasteiger partial charge in [0.15, 0.2) is 0 Å². The number of benzene rings is 2. The average Bonchev–Trinajstić information content (AvgIpc) is 2.44. The molecule has 4 nitrogen and oxygen atoms in total. The van der Waals surface area contributed by atoms with Crippen molar-refractivity contribution in [3.05, 3.63) is 59.2 Å². The first-order valence-corrected chi connectivity index (χ1v) is 6.73. The Hall–Kier alpha value is -2.62. The van der Waals surface area contributed by atoms with Crippen LogP contribution in [0, 0.1) is 13.8 Å². The zero-order valence-corrected chi connectivity index (χ0v) is 12.4. The first-order chi connectivity index (χ1) is 9.99. The van der Waals surface area contributed by atoms with Gasteiger partial charge < -0.3 is 10.6 Å². The number of rotatable bonds is 3. The Bertz CT molecular complexity index is 693. The summed E-state index contributed by atoms with van der Waals surface area (Å²) in [5.74, 6) is -0.449. The molecule has 0 unspecified atom stereocenters. The number of anilines is 2. The topological polar surface area (TPSA) is 58.2 Å². The fourth-order valence-corrected chi connectivity index (χ4v) is 2.06. The molecule has 0 heterocycles. The maximum absolute atomic E-state index is 12.4. The number of amides is 2. The number of nitrogens with one attached hydrogen (secondary N) is 2. The van der Waals surface area contributed by atoms with Crippen LogP contribution in [-0.2, 0) is 4.79 Å². The van der Waals surface area contributed by atoms with Gasteiger partial charge in [0.25, 0.3) is 5.91 Å². The third kappa shape index (κ3) is 3.48. The lowest BCUT2D eigenvalue weighted by Gasteiger charge is -2.13. The number of carbonyl (C=O) groups excluding carboxylic acids is 2. The molecule has 0 aliphatic heterocycles. The standard InChI is InChI=1S/C17H18N2O2/c1-11-7-6-10-15(12(11)2)19-17(21)14-8-4-5-9-16(14)18-13(3)20/h4-10H,1-3H3,(H,18,20)(H,19,21). The van der Waals surface area contributed by atoms with Gasteiger partial charge in [-0.2, -0.15) is 0 Å². The van der Waals surface area contributed by atoms with Gasteiger partial charge in [0.2, 0.25) is 5.91 Å². The van der Waals surface area contributed by atoms with Crippen LogP contribution in [0.5, 0.6) is 0 Å². The zero-order chi connectivity index (χ0) is 15.4. The van der Waals surface area contributed by atoms with Crippen LogP contribution in [0.2, 0.25) is 0 Å². The van der Waals surface area contributed by atoms with Crippen molar-refractivity contribution in [1.82, 2.24) is 0 Å². The number of para-hydroxylation sites is 1. The molecule has 0 bridgehead atoms. The van der Waals surface area contributed by atoms with E-state index in [4.69, 9.17) is 0 Å². The molecule has 4 heteroatoms. The van der Waals surface area contributed by atoms with E-state index in [0.717, 1.165) is 16.8 Å². The summed E-state index contributed by atoms with van der Waals surface area (Å²) < 4.78 is 0. The van der Waals surface area contributed by atoms with Crippen molar-refractivity contribution in [3.63, 3.8) is 0 Å². The summed E-state index contributed by atoms with van der Waals surface area (Å²) in [5.41, 5.74) is 3.87. The molecule has 0 aliphatic carbocycles. The highest BCUT2D eigenvalue weighted by molar-refractivity contribution is 6.10. The molecule has 2 aromatic carbocycles. The summed E-state index contributed by atoms with van der Waals surface area (Å²) in [6, 6.07) is 12.7. The van der Waals surface area contributed by atoms with E-state index in [-0.39, 0.29) is 11.8 Å². The first kappa shape index (κ1) is 14.8. The quantitative estimate of drug-likeness (QED) is 0.905. The summed E-state index contributed by atoms with van der Waals surface area (Å²) >= 11 is 0. The highest BCUT2D eigenvalue weighted by atomic mass is 16.2. The van der Waals surface area contributed by atoms with Gasteiger partial charge in [-0.1, -0.05) is 24.3 Å². The van der Waals surface area contributed by atoms with Crippen molar-refractivity contribution in [3.8, 4) is 0 Å². The number of hydrogen-bond acceptors (Lipinski definition) is 2. The van der Waals surface area contributed by atoms with E-state index in [1.807, 2.05) is 32.0 Å². The Morgan fingerprint density at radius 1 is 0.857 bits per heavy atom. The van der Waals surface area contributed by atoms with Crippen molar-refractivity contribution in [1.29, 1.82) is 0 Å². The van der Waals surface area contributed by atoms with Gasteiger partial charge in [0, 0.05) is 12.6 Å². The smallest absolute Gasteiger partial charge is 0.257 e. The lowest BCUT2D eigenvalue weighted by atomic mass is 10.1. The summed E-state index contributed by atoms with van der Waals surface area (Å²) in [6.07, 6.45) is 0. The summed E-state index contributed by atoms with van der Waals surface area (Å²) in [4.78, 5) is 23.6. The van der Waals surface area contributed by atoms with Gasteiger partial charge in [0.1, 0.15) is 0 Å². The van der Waals surface area contributed by atoms with E-state index in [0.29, 0.717) is 11.3 Å². The second-order valence-corrected chi connectivity index (χ2v) is 4.93. The van der Waals surface area contributed by atoms with Crippen LogP contribution >= 0.6 is 0 Å². The largest absolute Gasteiger partial charge is 0.326 e. The maximum Gasteiger partial charge on any atom is 0.257 e. The minimum absolute atomic E-state index is 0.206. The highest BCUT2D eigenvalue weighted by Crippen LogP contribution is 2.21. The van der Waals surface area contributed by atoms with Gasteiger partial charge in [-0.05, 0) is 43.2 Å². The molecule has 2 aromatic rings. The second kappa shape index (κ2) is 6.22. The van der Waals surface area contributed by atoms with Crippen LogP contribution < -0.4 is 10.6 Å². The third-order valence-electron chi connectivity index (χ3n) is 3.34. The SMILES string of the molecule is CC(=O)Nc1ccccc1C(=O)Nc1cccc(C)c1C. The predicted molar refractivity (Wildman–Crippen MR) is 84.6 cm³/mol. The van der Waals surface area contributed by atoms with Crippen molar-refractivity contribution >= 4 is 23.2 Å². The molecular formula is C17H18N2O2. The maximum atomic E-state index is 12.4. The molecule has 21 heavy (non-hydrogen) atoms. The van der Waals surface area contributed by atoms with Crippen molar-refractivity contribution in [2.45, 2.75) is 20.8 Å². The van der Waals surface area contributed by atoms with Crippen molar-refractivity contribution < 1.29 is 9.59 Å². The normalized spacial score (nSPS) is 10.0. The van der Waals surface area contributed by atoms with Crippen LogP contribution in [0.3, 0.4) is 0 Å². The number of carbonyl (C=O) groups is 2. The van der Waals surface area contributed by atoms with Crippen molar-refractivity contribution in [2.75, 3.05) is 10.6 Å². The van der Waals surface area contributed by atoms with Gasteiger partial charge in [-0.15, -0.1) is 0 Å². The van der Waals surface area contributed by atoms with E-state index >= 15 is 0 Å². The molecule has 0 saturated heterocycles. The average molecular weight is 282 g/mol. The van der Waals surface area contributed by atoms with Crippen LogP contribution in [0.15, 0.2) is 42.5 Å². The molecule has 0 saturated carbocycles. The van der Waals surface area contributed by atoms with Gasteiger partial charge >= 0.3 is 0 Å². The Labute approximate surface area is 124 Å². The Morgan fingerprint density at radius 2 is 1.52 bits per heavy atom. The van der Waals surface area contributed by atoms with Gasteiger partial charge in [0.05, 0.1) is 11.3 Å². The Kier molecular flexibility index (Phi) is 4.38. The zero-order valence-electron chi connectivity index (χ0n) is 12.4. The molecule has 2 rings (SSSR count). The van der Waals surface area contributed by atoms with Crippen molar-refractivity contribution in [2.24, 2.45) is 0 Å². The molecular weight excluding hydrogens is 264 g/mol. The van der Waals surface area contributed by atoms with Crippen LogP contribution in [-0.4, -0.2) is 11.8 Å². The summed E-state index contributed by atoms with van der Waals surface area (Å²) in [6.45, 7) is 5.38.